The first-order valence-electron chi connectivity index (χ1n) is 4.74. The molecule has 8 heteroatoms. The summed E-state index contributed by atoms with van der Waals surface area (Å²) in [6, 6.07) is 2.75. The minimum Gasteiger partial charge on any atom is -0.480 e. The van der Waals surface area contributed by atoms with Gasteiger partial charge in [0.25, 0.3) is 0 Å². The SMILES string of the molecule is O=C(O)Cn1c(=O)c(=O)[nH]c2cc(Cl)cc(Cl)c21. The Bertz CT molecular complexity index is 763. The van der Waals surface area contributed by atoms with E-state index < -0.39 is 23.6 Å². The van der Waals surface area contributed by atoms with E-state index in [0.29, 0.717) is 0 Å². The maximum atomic E-state index is 11.6. The number of nitrogens with zero attached hydrogens (tertiary/aromatic N) is 1. The molecule has 0 fully saturated rings. The molecule has 18 heavy (non-hydrogen) atoms. The monoisotopic (exact) mass is 288 g/mol. The molecule has 0 saturated heterocycles. The van der Waals surface area contributed by atoms with Crippen LogP contribution in [0.25, 0.3) is 11.0 Å². The summed E-state index contributed by atoms with van der Waals surface area (Å²) in [7, 11) is 0. The van der Waals surface area contributed by atoms with Crippen LogP contribution >= 0.6 is 23.2 Å². The zero-order chi connectivity index (χ0) is 13.4. The van der Waals surface area contributed by atoms with Gasteiger partial charge in [-0.1, -0.05) is 23.2 Å². The number of carboxylic acids is 1. The van der Waals surface area contributed by atoms with Crippen LogP contribution in [-0.2, 0) is 11.3 Å². The maximum absolute atomic E-state index is 11.6. The van der Waals surface area contributed by atoms with Crippen molar-refractivity contribution < 1.29 is 9.90 Å². The number of H-pyrrole nitrogens is 1. The Morgan fingerprint density at radius 3 is 2.61 bits per heavy atom. The number of hydrogen-bond donors (Lipinski definition) is 2. The third-order valence-corrected chi connectivity index (χ3v) is 2.79. The van der Waals surface area contributed by atoms with Gasteiger partial charge in [-0.15, -0.1) is 0 Å². The Balaban J connectivity index is 2.97. The van der Waals surface area contributed by atoms with E-state index in [4.69, 9.17) is 28.3 Å². The standard InChI is InChI=1S/C10H6Cl2N2O4/c11-4-1-5(12)8-6(2-4)13-9(17)10(18)14(8)3-7(15)16/h1-2H,3H2,(H,13,17)(H,15,16). The number of hydrogen-bond acceptors (Lipinski definition) is 3. The summed E-state index contributed by atoms with van der Waals surface area (Å²) in [6.45, 7) is -0.652. The number of aromatic amines is 1. The van der Waals surface area contributed by atoms with Gasteiger partial charge < -0.3 is 10.1 Å². The van der Waals surface area contributed by atoms with E-state index in [-0.39, 0.29) is 21.1 Å². The summed E-state index contributed by atoms with van der Waals surface area (Å²) < 4.78 is 0.801. The van der Waals surface area contributed by atoms with Gasteiger partial charge in [-0.05, 0) is 12.1 Å². The van der Waals surface area contributed by atoms with Gasteiger partial charge in [-0.3, -0.25) is 19.0 Å². The molecule has 2 N–H and O–H groups in total. The van der Waals surface area contributed by atoms with E-state index >= 15 is 0 Å². The zero-order valence-electron chi connectivity index (χ0n) is 8.74. The van der Waals surface area contributed by atoms with E-state index in [9.17, 15) is 14.4 Å². The van der Waals surface area contributed by atoms with Crippen LogP contribution in [-0.4, -0.2) is 20.6 Å². The molecule has 1 aromatic carbocycles. The van der Waals surface area contributed by atoms with E-state index in [1.165, 1.54) is 12.1 Å². The number of carboxylic acid groups (broad SMARTS) is 1. The van der Waals surface area contributed by atoms with Crippen molar-refractivity contribution >= 4 is 40.2 Å². The number of rotatable bonds is 2. The van der Waals surface area contributed by atoms with Crippen LogP contribution < -0.4 is 11.1 Å². The van der Waals surface area contributed by atoms with Crippen LogP contribution in [0.1, 0.15) is 0 Å². The maximum Gasteiger partial charge on any atom is 0.323 e. The minimum atomic E-state index is -1.25. The fourth-order valence-electron chi connectivity index (χ4n) is 1.62. The molecule has 0 unspecified atom stereocenters. The molecule has 94 valence electrons. The van der Waals surface area contributed by atoms with Crippen molar-refractivity contribution in [3.8, 4) is 0 Å². The molecule has 6 nitrogen and oxygen atoms in total. The molecule has 0 amide bonds. The Morgan fingerprint density at radius 1 is 1.33 bits per heavy atom. The first kappa shape index (κ1) is 12.7. The predicted molar refractivity (Wildman–Crippen MR) is 66.5 cm³/mol. The lowest BCUT2D eigenvalue weighted by Crippen LogP contribution is -2.37. The van der Waals surface area contributed by atoms with Gasteiger partial charge in [0.15, 0.2) is 0 Å². The van der Waals surface area contributed by atoms with Gasteiger partial charge in [-0.2, -0.15) is 0 Å². The van der Waals surface area contributed by atoms with Crippen molar-refractivity contribution in [3.05, 3.63) is 42.9 Å². The van der Waals surface area contributed by atoms with Crippen LogP contribution in [0, 0.1) is 0 Å². The summed E-state index contributed by atoms with van der Waals surface area (Å²) in [5.74, 6) is -1.25. The number of halogens is 2. The Hall–Kier alpha value is -1.79. The molecule has 0 aliphatic heterocycles. The molecule has 2 rings (SSSR count). The second-order valence-corrected chi connectivity index (χ2v) is 4.37. The Kier molecular flexibility index (Phi) is 3.14. The van der Waals surface area contributed by atoms with Gasteiger partial charge >= 0.3 is 17.1 Å². The fourth-order valence-corrected chi connectivity index (χ4v) is 2.22. The number of aliphatic carboxylic acids is 1. The van der Waals surface area contributed by atoms with Crippen LogP contribution in [0.4, 0.5) is 0 Å². The van der Waals surface area contributed by atoms with Crippen molar-refractivity contribution in [2.45, 2.75) is 6.54 Å². The smallest absolute Gasteiger partial charge is 0.323 e. The van der Waals surface area contributed by atoms with Crippen molar-refractivity contribution in [1.29, 1.82) is 0 Å². The molecule has 1 aromatic heterocycles. The summed E-state index contributed by atoms with van der Waals surface area (Å²) in [6.07, 6.45) is 0. The lowest BCUT2D eigenvalue weighted by molar-refractivity contribution is -0.137. The molecule has 0 radical (unpaired) electrons. The number of fused-ring (bicyclic) bond motifs is 1. The highest BCUT2D eigenvalue weighted by Crippen LogP contribution is 2.25. The zero-order valence-corrected chi connectivity index (χ0v) is 10.2. The van der Waals surface area contributed by atoms with Gasteiger partial charge in [0.1, 0.15) is 6.54 Å². The number of carbonyl (C=O) groups is 1. The molecular formula is C10H6Cl2N2O4. The van der Waals surface area contributed by atoms with Crippen LogP contribution in [0.3, 0.4) is 0 Å². The molecule has 0 aliphatic carbocycles. The summed E-state index contributed by atoms with van der Waals surface area (Å²) >= 11 is 11.7. The molecule has 0 spiro atoms. The highest BCUT2D eigenvalue weighted by Gasteiger charge is 2.13. The van der Waals surface area contributed by atoms with E-state index in [0.717, 1.165) is 4.57 Å². The second kappa shape index (κ2) is 4.47. The van der Waals surface area contributed by atoms with Gasteiger partial charge in [-0.25, -0.2) is 0 Å². The summed E-state index contributed by atoms with van der Waals surface area (Å²) in [5.41, 5.74) is -1.57. The molecule has 0 atom stereocenters. The molecule has 0 bridgehead atoms. The largest absolute Gasteiger partial charge is 0.480 e. The third kappa shape index (κ3) is 2.12. The van der Waals surface area contributed by atoms with Crippen molar-refractivity contribution in [3.63, 3.8) is 0 Å². The lowest BCUT2D eigenvalue weighted by Gasteiger charge is -2.09. The Morgan fingerprint density at radius 2 is 2.00 bits per heavy atom. The van der Waals surface area contributed by atoms with Crippen molar-refractivity contribution in [2.24, 2.45) is 0 Å². The second-order valence-electron chi connectivity index (χ2n) is 3.52. The molecule has 0 saturated carbocycles. The van der Waals surface area contributed by atoms with Gasteiger partial charge in [0.05, 0.1) is 16.1 Å². The van der Waals surface area contributed by atoms with Crippen LogP contribution in [0.15, 0.2) is 21.7 Å². The first-order chi connectivity index (χ1) is 8.40. The molecule has 0 aliphatic rings. The van der Waals surface area contributed by atoms with Crippen molar-refractivity contribution in [1.82, 2.24) is 9.55 Å². The lowest BCUT2D eigenvalue weighted by atomic mass is 10.3. The minimum absolute atomic E-state index is 0.0899. The molecule has 1 heterocycles. The normalized spacial score (nSPS) is 10.8. The van der Waals surface area contributed by atoms with Gasteiger partial charge in [0.2, 0.25) is 0 Å². The topological polar surface area (TPSA) is 92.2 Å². The van der Waals surface area contributed by atoms with E-state index in [2.05, 4.69) is 4.98 Å². The average Bonchev–Trinajstić information content (AvgIpc) is 2.23. The van der Waals surface area contributed by atoms with E-state index in [1.54, 1.807) is 0 Å². The number of nitrogens with one attached hydrogen (secondary N) is 1. The number of benzene rings is 1. The number of aromatic nitrogens is 2. The average molecular weight is 289 g/mol. The fraction of sp³-hybridized carbons (Fsp3) is 0.100. The highest BCUT2D eigenvalue weighted by molar-refractivity contribution is 6.38. The predicted octanol–water partition coefficient (Wildman–Crippen LogP) is 1.08. The summed E-state index contributed by atoms with van der Waals surface area (Å²) in [5, 5.41) is 9.10. The van der Waals surface area contributed by atoms with E-state index in [1.807, 2.05) is 0 Å². The highest BCUT2D eigenvalue weighted by atomic mass is 35.5. The first-order valence-corrected chi connectivity index (χ1v) is 5.49. The summed E-state index contributed by atoms with van der Waals surface area (Å²) in [4.78, 5) is 36.0. The van der Waals surface area contributed by atoms with Crippen molar-refractivity contribution in [2.75, 3.05) is 0 Å². The quantitative estimate of drug-likeness (QED) is 0.809. The Labute approximate surface area is 109 Å². The molecule has 2 aromatic rings. The van der Waals surface area contributed by atoms with Crippen LogP contribution in [0.2, 0.25) is 10.0 Å². The van der Waals surface area contributed by atoms with Gasteiger partial charge in [0, 0.05) is 5.02 Å². The molecular weight excluding hydrogens is 283 g/mol. The van der Waals surface area contributed by atoms with Crippen LogP contribution in [0.5, 0.6) is 0 Å². The third-order valence-electron chi connectivity index (χ3n) is 2.28.